The predicted octanol–water partition coefficient (Wildman–Crippen LogP) is 0.608. The first-order valence-electron chi connectivity index (χ1n) is 5.64. The Bertz CT molecular complexity index is 512. The van der Waals surface area contributed by atoms with Gasteiger partial charge < -0.3 is 10.1 Å². The molecule has 1 N–H and O–H groups in total. The van der Waals surface area contributed by atoms with Gasteiger partial charge in [-0.3, -0.25) is 10.1 Å². The Morgan fingerprint density at radius 3 is 2.42 bits per heavy atom. The maximum atomic E-state index is 10.8. The van der Waals surface area contributed by atoms with Crippen LogP contribution in [0.5, 0.6) is 5.75 Å². The number of sulfone groups is 1. The van der Waals surface area contributed by atoms with Crippen LogP contribution in [0.2, 0.25) is 0 Å². The van der Waals surface area contributed by atoms with Crippen LogP contribution in [-0.2, 0) is 9.84 Å². The van der Waals surface area contributed by atoms with Gasteiger partial charge in [0.15, 0.2) is 0 Å². The summed E-state index contributed by atoms with van der Waals surface area (Å²) in [5.41, 5.74) is 0.0126. The van der Waals surface area contributed by atoms with Crippen molar-refractivity contribution in [3.63, 3.8) is 0 Å². The third-order valence-corrected chi connectivity index (χ3v) is 3.19. The fourth-order valence-corrected chi connectivity index (χ4v) is 1.80. The molecule has 0 aliphatic heterocycles. The molecule has 0 saturated heterocycles. The molecule has 7 nitrogen and oxygen atoms in total. The predicted molar refractivity (Wildman–Crippen MR) is 71.2 cm³/mol. The monoisotopic (exact) mass is 288 g/mol. The second kappa shape index (κ2) is 7.05. The van der Waals surface area contributed by atoms with Crippen molar-refractivity contribution in [2.75, 3.05) is 31.7 Å². The topological polar surface area (TPSA) is 98.5 Å². The van der Waals surface area contributed by atoms with Crippen LogP contribution in [0.1, 0.15) is 0 Å². The van der Waals surface area contributed by atoms with Crippen molar-refractivity contribution >= 4 is 15.5 Å². The van der Waals surface area contributed by atoms with Gasteiger partial charge >= 0.3 is 0 Å². The van der Waals surface area contributed by atoms with Crippen LogP contribution in [0.3, 0.4) is 0 Å². The first kappa shape index (κ1) is 15.4. The van der Waals surface area contributed by atoms with Crippen LogP contribution >= 0.6 is 0 Å². The molecule has 19 heavy (non-hydrogen) atoms. The summed E-state index contributed by atoms with van der Waals surface area (Å²) >= 11 is 0. The first-order valence-corrected chi connectivity index (χ1v) is 7.70. The van der Waals surface area contributed by atoms with E-state index < -0.39 is 14.8 Å². The second-order valence-electron chi connectivity index (χ2n) is 3.98. The van der Waals surface area contributed by atoms with Crippen molar-refractivity contribution in [2.24, 2.45) is 0 Å². The molecular formula is C11H16N2O5S. The minimum Gasteiger partial charge on any atom is -0.492 e. The standard InChI is InChI=1S/C11H16N2O5S/c1-19(16,17)9-7-12-6-8-18-11-4-2-10(3-5-11)13(14)15/h2-5,12H,6-9H2,1H3. The van der Waals surface area contributed by atoms with Crippen molar-refractivity contribution < 1.29 is 18.1 Å². The minimum atomic E-state index is -2.94. The van der Waals surface area contributed by atoms with E-state index in [2.05, 4.69) is 5.32 Å². The molecule has 0 spiro atoms. The van der Waals surface area contributed by atoms with E-state index in [4.69, 9.17) is 4.74 Å². The van der Waals surface area contributed by atoms with Gasteiger partial charge in [0.1, 0.15) is 22.2 Å². The SMILES string of the molecule is CS(=O)(=O)CCNCCOc1ccc([N+](=O)[O-])cc1. The summed E-state index contributed by atoms with van der Waals surface area (Å²) < 4.78 is 27.0. The Morgan fingerprint density at radius 1 is 1.26 bits per heavy atom. The molecule has 0 amide bonds. The second-order valence-corrected chi connectivity index (χ2v) is 6.24. The van der Waals surface area contributed by atoms with Crippen LogP contribution in [0, 0.1) is 10.1 Å². The normalized spacial score (nSPS) is 11.2. The molecule has 0 aliphatic rings. The van der Waals surface area contributed by atoms with Crippen molar-refractivity contribution in [3.05, 3.63) is 34.4 Å². The highest BCUT2D eigenvalue weighted by Crippen LogP contribution is 2.16. The largest absolute Gasteiger partial charge is 0.492 e. The Morgan fingerprint density at radius 2 is 1.89 bits per heavy atom. The van der Waals surface area contributed by atoms with Crippen LogP contribution in [0.15, 0.2) is 24.3 Å². The van der Waals surface area contributed by atoms with Gasteiger partial charge in [-0.2, -0.15) is 0 Å². The number of hydrogen-bond acceptors (Lipinski definition) is 6. The average Bonchev–Trinajstić information content (AvgIpc) is 2.33. The maximum absolute atomic E-state index is 10.8. The highest BCUT2D eigenvalue weighted by molar-refractivity contribution is 7.90. The van der Waals surface area contributed by atoms with E-state index in [0.717, 1.165) is 0 Å². The summed E-state index contributed by atoms with van der Waals surface area (Å²) in [5.74, 6) is 0.625. The molecule has 0 fully saturated rings. The van der Waals surface area contributed by atoms with Gasteiger partial charge in [0.05, 0.1) is 10.7 Å². The van der Waals surface area contributed by atoms with Crippen LogP contribution in [0.25, 0.3) is 0 Å². The van der Waals surface area contributed by atoms with E-state index in [1.165, 1.54) is 30.5 Å². The van der Waals surface area contributed by atoms with E-state index in [9.17, 15) is 18.5 Å². The molecule has 0 bridgehead atoms. The lowest BCUT2D eigenvalue weighted by Crippen LogP contribution is -2.26. The summed E-state index contributed by atoms with van der Waals surface area (Å²) in [7, 11) is -2.94. The van der Waals surface area contributed by atoms with Crippen molar-refractivity contribution in [1.82, 2.24) is 5.32 Å². The highest BCUT2D eigenvalue weighted by atomic mass is 32.2. The van der Waals surface area contributed by atoms with Crippen molar-refractivity contribution in [3.8, 4) is 5.75 Å². The Kier molecular flexibility index (Phi) is 5.71. The van der Waals surface area contributed by atoms with E-state index in [0.29, 0.717) is 25.4 Å². The number of hydrogen-bond donors (Lipinski definition) is 1. The van der Waals surface area contributed by atoms with Gasteiger partial charge in [-0.15, -0.1) is 0 Å². The molecule has 0 unspecified atom stereocenters. The molecule has 106 valence electrons. The molecule has 0 radical (unpaired) electrons. The number of nitrogens with one attached hydrogen (secondary N) is 1. The molecule has 1 aromatic carbocycles. The molecule has 1 aromatic rings. The molecule has 0 aromatic heterocycles. The molecular weight excluding hydrogens is 272 g/mol. The Balaban J connectivity index is 2.21. The molecule has 8 heteroatoms. The fraction of sp³-hybridized carbons (Fsp3) is 0.455. The Hall–Kier alpha value is -1.67. The number of nitro benzene ring substituents is 1. The van der Waals surface area contributed by atoms with E-state index in [-0.39, 0.29) is 11.4 Å². The van der Waals surface area contributed by atoms with Gasteiger partial charge in [-0.05, 0) is 12.1 Å². The number of ether oxygens (including phenoxy) is 1. The average molecular weight is 288 g/mol. The van der Waals surface area contributed by atoms with Gasteiger partial charge in [0, 0.05) is 31.5 Å². The lowest BCUT2D eigenvalue weighted by Gasteiger charge is -2.06. The van der Waals surface area contributed by atoms with Crippen LogP contribution in [-0.4, -0.2) is 45.0 Å². The zero-order chi connectivity index (χ0) is 14.3. The number of nitrogens with zero attached hydrogens (tertiary/aromatic N) is 1. The fourth-order valence-electron chi connectivity index (χ4n) is 1.29. The maximum Gasteiger partial charge on any atom is 0.269 e. The van der Waals surface area contributed by atoms with E-state index in [1.54, 1.807) is 0 Å². The van der Waals surface area contributed by atoms with E-state index in [1.807, 2.05) is 0 Å². The number of non-ortho nitro benzene ring substituents is 1. The van der Waals surface area contributed by atoms with Crippen LogP contribution < -0.4 is 10.1 Å². The molecule has 0 aliphatic carbocycles. The lowest BCUT2D eigenvalue weighted by atomic mass is 10.3. The number of rotatable bonds is 8. The quantitative estimate of drug-likeness (QED) is 0.427. The molecule has 0 atom stereocenters. The Labute approximate surface area is 111 Å². The zero-order valence-corrected chi connectivity index (χ0v) is 11.4. The molecule has 0 saturated carbocycles. The minimum absolute atomic E-state index is 0.0126. The third kappa shape index (κ3) is 6.73. The summed E-state index contributed by atoms with van der Waals surface area (Å²) in [6.07, 6.45) is 1.18. The van der Waals surface area contributed by atoms with Gasteiger partial charge in [-0.1, -0.05) is 0 Å². The number of nitro groups is 1. The summed E-state index contributed by atoms with van der Waals surface area (Å²) in [4.78, 5) is 9.96. The van der Waals surface area contributed by atoms with Gasteiger partial charge in [0.2, 0.25) is 0 Å². The van der Waals surface area contributed by atoms with Crippen molar-refractivity contribution in [2.45, 2.75) is 0 Å². The summed E-state index contributed by atoms with van der Waals surface area (Å²) in [6, 6.07) is 5.78. The summed E-state index contributed by atoms with van der Waals surface area (Å²) in [5, 5.41) is 13.4. The molecule has 1 rings (SSSR count). The summed E-state index contributed by atoms with van der Waals surface area (Å²) in [6.45, 7) is 1.25. The lowest BCUT2D eigenvalue weighted by molar-refractivity contribution is -0.384. The smallest absolute Gasteiger partial charge is 0.269 e. The molecule has 0 heterocycles. The highest BCUT2D eigenvalue weighted by Gasteiger charge is 2.04. The van der Waals surface area contributed by atoms with Crippen molar-refractivity contribution in [1.29, 1.82) is 0 Å². The zero-order valence-electron chi connectivity index (χ0n) is 10.5. The van der Waals surface area contributed by atoms with Crippen LogP contribution in [0.4, 0.5) is 5.69 Å². The number of benzene rings is 1. The van der Waals surface area contributed by atoms with E-state index >= 15 is 0 Å². The van der Waals surface area contributed by atoms with Gasteiger partial charge in [0.25, 0.3) is 5.69 Å². The third-order valence-electron chi connectivity index (χ3n) is 2.24. The van der Waals surface area contributed by atoms with Gasteiger partial charge in [-0.25, -0.2) is 8.42 Å². The first-order chi connectivity index (χ1) is 8.88.